The van der Waals surface area contributed by atoms with Crippen LogP contribution in [0.3, 0.4) is 0 Å². The molecular formula is C12H22FN3O. The summed E-state index contributed by atoms with van der Waals surface area (Å²) >= 11 is 0. The number of hydrogen-bond acceptors (Lipinski definition) is 3. The fourth-order valence-corrected chi connectivity index (χ4v) is 2.63. The van der Waals surface area contributed by atoms with Crippen LogP contribution in [0.5, 0.6) is 0 Å². The Kier molecular flexibility index (Phi) is 4.34. The Balaban J connectivity index is 1.63. The molecule has 2 aliphatic rings. The molecule has 2 rings (SSSR count). The Labute approximate surface area is 102 Å². The molecule has 0 aromatic heterocycles. The van der Waals surface area contributed by atoms with Gasteiger partial charge in [-0.1, -0.05) is 0 Å². The Morgan fingerprint density at radius 1 is 1.47 bits per heavy atom. The maximum absolute atomic E-state index is 12.9. The van der Waals surface area contributed by atoms with Crippen molar-refractivity contribution in [3.63, 3.8) is 0 Å². The average Bonchev–Trinajstić information content (AvgIpc) is 2.73. The molecule has 98 valence electrons. The monoisotopic (exact) mass is 243 g/mol. The zero-order valence-corrected chi connectivity index (χ0v) is 10.4. The second-order valence-corrected chi connectivity index (χ2v) is 5.13. The van der Waals surface area contributed by atoms with Crippen molar-refractivity contribution in [2.24, 2.45) is 0 Å². The summed E-state index contributed by atoms with van der Waals surface area (Å²) in [5, 5.41) is 6.65. The van der Waals surface area contributed by atoms with E-state index in [1.807, 2.05) is 4.90 Å². The van der Waals surface area contributed by atoms with Crippen molar-refractivity contribution in [3.05, 3.63) is 0 Å². The highest BCUT2D eigenvalue weighted by molar-refractivity contribution is 5.73. The Morgan fingerprint density at radius 2 is 2.18 bits per heavy atom. The van der Waals surface area contributed by atoms with E-state index in [1.165, 1.54) is 0 Å². The highest BCUT2D eigenvalue weighted by Crippen LogP contribution is 2.12. The standard InChI is InChI=1S/C12H22FN3O/c1-9(17)16-4-2-11(3-5-16)15-8-12-6-10(13)7-14-12/h10-12,14-15H,2-8H2,1H3/t10-,12-/m0/s1. The van der Waals surface area contributed by atoms with Crippen LogP contribution in [0.1, 0.15) is 26.2 Å². The number of halogens is 1. The zero-order chi connectivity index (χ0) is 12.3. The number of likely N-dealkylation sites (tertiary alicyclic amines) is 1. The molecule has 0 aromatic rings. The van der Waals surface area contributed by atoms with E-state index in [1.54, 1.807) is 6.92 Å². The van der Waals surface area contributed by atoms with Crippen LogP contribution in [0.2, 0.25) is 0 Å². The summed E-state index contributed by atoms with van der Waals surface area (Å²) in [6.45, 7) is 4.64. The summed E-state index contributed by atoms with van der Waals surface area (Å²) in [6.07, 6.45) is 1.96. The second-order valence-electron chi connectivity index (χ2n) is 5.13. The molecule has 2 fully saturated rings. The summed E-state index contributed by atoms with van der Waals surface area (Å²) in [6, 6.07) is 0.752. The van der Waals surface area contributed by atoms with E-state index in [0.717, 1.165) is 32.5 Å². The SMILES string of the molecule is CC(=O)N1CCC(NC[C@@H]2C[C@H](F)CN2)CC1. The fraction of sp³-hybridized carbons (Fsp3) is 0.917. The van der Waals surface area contributed by atoms with Gasteiger partial charge in [-0.15, -0.1) is 0 Å². The first-order valence-corrected chi connectivity index (χ1v) is 6.51. The van der Waals surface area contributed by atoms with Gasteiger partial charge in [0.2, 0.25) is 5.91 Å². The number of nitrogens with zero attached hydrogens (tertiary/aromatic N) is 1. The third-order valence-corrected chi connectivity index (χ3v) is 3.76. The fourth-order valence-electron chi connectivity index (χ4n) is 2.63. The molecule has 17 heavy (non-hydrogen) atoms. The first-order valence-electron chi connectivity index (χ1n) is 6.51. The molecule has 2 saturated heterocycles. The van der Waals surface area contributed by atoms with E-state index < -0.39 is 6.17 Å². The second kappa shape index (κ2) is 5.78. The van der Waals surface area contributed by atoms with E-state index in [4.69, 9.17) is 0 Å². The van der Waals surface area contributed by atoms with Crippen molar-refractivity contribution in [2.45, 2.75) is 44.4 Å². The molecule has 0 aliphatic carbocycles. The van der Waals surface area contributed by atoms with Gasteiger partial charge in [0, 0.05) is 45.2 Å². The topological polar surface area (TPSA) is 44.4 Å². The highest BCUT2D eigenvalue weighted by atomic mass is 19.1. The molecule has 2 N–H and O–H groups in total. The third kappa shape index (κ3) is 3.64. The van der Waals surface area contributed by atoms with Crippen molar-refractivity contribution in [2.75, 3.05) is 26.2 Å². The lowest BCUT2D eigenvalue weighted by Gasteiger charge is -2.32. The maximum Gasteiger partial charge on any atom is 0.219 e. The van der Waals surface area contributed by atoms with Gasteiger partial charge < -0.3 is 15.5 Å². The van der Waals surface area contributed by atoms with Crippen molar-refractivity contribution < 1.29 is 9.18 Å². The summed E-state index contributed by atoms with van der Waals surface area (Å²) in [5.41, 5.74) is 0. The van der Waals surface area contributed by atoms with Gasteiger partial charge in [-0.2, -0.15) is 0 Å². The number of carbonyl (C=O) groups excluding carboxylic acids is 1. The lowest BCUT2D eigenvalue weighted by Crippen LogP contribution is -2.47. The molecule has 2 heterocycles. The largest absolute Gasteiger partial charge is 0.343 e. The van der Waals surface area contributed by atoms with Gasteiger partial charge in [0.1, 0.15) is 6.17 Å². The molecular weight excluding hydrogens is 221 g/mol. The van der Waals surface area contributed by atoms with Gasteiger partial charge in [-0.3, -0.25) is 4.79 Å². The average molecular weight is 243 g/mol. The van der Waals surface area contributed by atoms with Crippen molar-refractivity contribution in [1.29, 1.82) is 0 Å². The number of nitrogens with one attached hydrogen (secondary N) is 2. The van der Waals surface area contributed by atoms with E-state index in [9.17, 15) is 9.18 Å². The minimum atomic E-state index is -0.679. The maximum atomic E-state index is 12.9. The molecule has 5 heteroatoms. The summed E-state index contributed by atoms with van der Waals surface area (Å²) in [5.74, 6) is 0.168. The minimum Gasteiger partial charge on any atom is -0.343 e. The van der Waals surface area contributed by atoms with Gasteiger partial charge in [0.25, 0.3) is 0 Å². The van der Waals surface area contributed by atoms with E-state index in [0.29, 0.717) is 19.0 Å². The van der Waals surface area contributed by atoms with E-state index in [-0.39, 0.29) is 11.9 Å². The van der Waals surface area contributed by atoms with Crippen molar-refractivity contribution in [1.82, 2.24) is 15.5 Å². The normalized spacial score (nSPS) is 30.8. The van der Waals surface area contributed by atoms with Crippen LogP contribution >= 0.6 is 0 Å². The predicted octanol–water partition coefficient (Wildman–Crippen LogP) is 0.287. The summed E-state index contributed by atoms with van der Waals surface area (Å²) in [7, 11) is 0. The number of carbonyl (C=O) groups is 1. The van der Waals surface area contributed by atoms with Gasteiger partial charge in [-0.25, -0.2) is 4.39 Å². The number of piperidine rings is 1. The molecule has 0 radical (unpaired) electrons. The first kappa shape index (κ1) is 12.8. The Hall–Kier alpha value is -0.680. The van der Waals surface area contributed by atoms with Crippen LogP contribution in [-0.2, 0) is 4.79 Å². The number of amides is 1. The molecule has 0 bridgehead atoms. The molecule has 2 aliphatic heterocycles. The van der Waals surface area contributed by atoms with Crippen LogP contribution in [0.25, 0.3) is 0 Å². The van der Waals surface area contributed by atoms with Crippen LogP contribution < -0.4 is 10.6 Å². The van der Waals surface area contributed by atoms with Gasteiger partial charge >= 0.3 is 0 Å². The molecule has 0 unspecified atom stereocenters. The minimum absolute atomic E-state index is 0.168. The van der Waals surface area contributed by atoms with Crippen LogP contribution in [0, 0.1) is 0 Å². The number of hydrogen-bond donors (Lipinski definition) is 2. The molecule has 0 saturated carbocycles. The van der Waals surface area contributed by atoms with Gasteiger partial charge in [-0.05, 0) is 19.3 Å². The predicted molar refractivity (Wildman–Crippen MR) is 64.6 cm³/mol. The third-order valence-electron chi connectivity index (χ3n) is 3.76. The van der Waals surface area contributed by atoms with Gasteiger partial charge in [0.05, 0.1) is 0 Å². The highest BCUT2D eigenvalue weighted by Gasteiger charge is 2.25. The van der Waals surface area contributed by atoms with E-state index in [2.05, 4.69) is 10.6 Å². The Morgan fingerprint density at radius 3 is 2.71 bits per heavy atom. The Bertz CT molecular complexity index is 266. The lowest BCUT2D eigenvalue weighted by atomic mass is 10.0. The van der Waals surface area contributed by atoms with Crippen molar-refractivity contribution >= 4 is 5.91 Å². The number of alkyl halides is 1. The van der Waals surface area contributed by atoms with Crippen LogP contribution in [0.4, 0.5) is 4.39 Å². The van der Waals surface area contributed by atoms with E-state index >= 15 is 0 Å². The first-order chi connectivity index (χ1) is 8.15. The molecule has 1 amide bonds. The van der Waals surface area contributed by atoms with Crippen LogP contribution in [0.15, 0.2) is 0 Å². The zero-order valence-electron chi connectivity index (χ0n) is 10.4. The molecule has 0 spiro atoms. The summed E-state index contributed by atoms with van der Waals surface area (Å²) < 4.78 is 12.9. The molecule has 2 atom stereocenters. The molecule has 0 aromatic carbocycles. The van der Waals surface area contributed by atoms with Crippen molar-refractivity contribution in [3.8, 4) is 0 Å². The smallest absolute Gasteiger partial charge is 0.219 e. The lowest BCUT2D eigenvalue weighted by molar-refractivity contribution is -0.129. The summed E-state index contributed by atoms with van der Waals surface area (Å²) in [4.78, 5) is 13.1. The number of rotatable bonds is 3. The quantitative estimate of drug-likeness (QED) is 0.749. The molecule has 4 nitrogen and oxygen atoms in total. The van der Waals surface area contributed by atoms with Crippen LogP contribution in [-0.4, -0.2) is 55.2 Å². The van der Waals surface area contributed by atoms with Gasteiger partial charge in [0.15, 0.2) is 0 Å².